The van der Waals surface area contributed by atoms with Crippen molar-refractivity contribution in [1.82, 2.24) is 0 Å². The van der Waals surface area contributed by atoms with Crippen LogP contribution in [0, 0.1) is 34.5 Å². The lowest BCUT2D eigenvalue weighted by Gasteiger charge is -2.61. The lowest BCUT2D eigenvalue weighted by molar-refractivity contribution is -0.180. The van der Waals surface area contributed by atoms with Crippen LogP contribution in [0.3, 0.4) is 0 Å². The number of rotatable bonds is 6. The van der Waals surface area contributed by atoms with E-state index in [1.54, 1.807) is 6.92 Å². The van der Waals surface area contributed by atoms with E-state index in [4.69, 9.17) is 4.74 Å². The number of aliphatic carboxylic acids is 1. The highest BCUT2D eigenvalue weighted by molar-refractivity contribution is 6.03. The SMILES string of the molecule is COC(=O)C(CC(=O)O)C1=CC(=O)C=C2CC[C@@H]3[C@H]([C@@H](O)C[C@@]4(C)[C@H]3CC[C@]4(O)C(=O)CO)[C@]21C. The minimum Gasteiger partial charge on any atom is -0.481 e. The number of ketones is 2. The molecule has 35 heavy (non-hydrogen) atoms. The molecule has 0 heterocycles. The molecule has 4 aliphatic rings. The topological polar surface area (TPSA) is 158 Å². The summed E-state index contributed by atoms with van der Waals surface area (Å²) >= 11 is 0. The fourth-order valence-corrected chi connectivity index (χ4v) is 8.17. The molecule has 4 rings (SSSR count). The Kier molecular flexibility index (Phi) is 6.35. The third kappa shape index (κ3) is 3.54. The summed E-state index contributed by atoms with van der Waals surface area (Å²) in [4.78, 5) is 49.6. The van der Waals surface area contributed by atoms with Crippen molar-refractivity contribution in [2.45, 2.75) is 64.1 Å². The molecule has 0 amide bonds. The number of esters is 1. The van der Waals surface area contributed by atoms with Crippen LogP contribution in [0.2, 0.25) is 0 Å². The summed E-state index contributed by atoms with van der Waals surface area (Å²) in [7, 11) is 1.17. The number of methoxy groups -OCH3 is 1. The van der Waals surface area contributed by atoms with Gasteiger partial charge in [0.05, 0.1) is 25.6 Å². The maximum Gasteiger partial charge on any atom is 0.313 e. The number of carboxylic acids is 1. The van der Waals surface area contributed by atoms with E-state index < -0.39 is 65.1 Å². The number of aliphatic hydroxyl groups is 3. The van der Waals surface area contributed by atoms with Gasteiger partial charge in [-0.2, -0.15) is 0 Å². The van der Waals surface area contributed by atoms with Crippen LogP contribution >= 0.6 is 0 Å². The first-order valence-corrected chi connectivity index (χ1v) is 12.2. The highest BCUT2D eigenvalue weighted by atomic mass is 16.5. The predicted octanol–water partition coefficient (Wildman–Crippen LogP) is 1.19. The number of hydrogen-bond donors (Lipinski definition) is 4. The van der Waals surface area contributed by atoms with Crippen LogP contribution in [-0.4, -0.2) is 69.4 Å². The Morgan fingerprint density at radius 1 is 1.20 bits per heavy atom. The van der Waals surface area contributed by atoms with Gasteiger partial charge >= 0.3 is 11.9 Å². The van der Waals surface area contributed by atoms with Crippen molar-refractivity contribution in [2.75, 3.05) is 13.7 Å². The van der Waals surface area contributed by atoms with E-state index in [1.807, 2.05) is 6.92 Å². The van der Waals surface area contributed by atoms with Gasteiger partial charge in [0.15, 0.2) is 11.6 Å². The Morgan fingerprint density at radius 2 is 1.89 bits per heavy atom. The molecule has 0 saturated heterocycles. The van der Waals surface area contributed by atoms with Crippen LogP contribution in [0.4, 0.5) is 0 Å². The second kappa shape index (κ2) is 8.64. The molecule has 4 N–H and O–H groups in total. The number of aliphatic hydroxyl groups excluding tert-OH is 2. The van der Waals surface area contributed by atoms with Crippen LogP contribution in [0.5, 0.6) is 0 Å². The summed E-state index contributed by atoms with van der Waals surface area (Å²) in [6, 6.07) is 0. The molecule has 0 aromatic heterocycles. The molecule has 8 atom stereocenters. The summed E-state index contributed by atoms with van der Waals surface area (Å²) in [6.45, 7) is 2.88. The maximum absolute atomic E-state index is 12.7. The minimum atomic E-state index is -1.74. The number of fused-ring (bicyclic) bond motifs is 5. The van der Waals surface area contributed by atoms with Crippen LogP contribution in [0.15, 0.2) is 23.3 Å². The van der Waals surface area contributed by atoms with Gasteiger partial charge in [-0.05, 0) is 61.7 Å². The highest BCUT2D eigenvalue weighted by Gasteiger charge is 2.69. The molecule has 9 nitrogen and oxygen atoms in total. The first kappa shape index (κ1) is 25.7. The Labute approximate surface area is 203 Å². The normalized spacial score (nSPS) is 41.0. The molecule has 0 spiro atoms. The summed E-state index contributed by atoms with van der Waals surface area (Å²) in [5, 5.41) is 42.0. The molecule has 0 radical (unpaired) electrons. The van der Waals surface area contributed by atoms with Crippen LogP contribution in [0.1, 0.15) is 52.4 Å². The number of carbonyl (C=O) groups excluding carboxylic acids is 3. The van der Waals surface area contributed by atoms with Gasteiger partial charge in [-0.15, -0.1) is 0 Å². The third-order valence-electron chi connectivity index (χ3n) is 9.75. The van der Waals surface area contributed by atoms with Crippen molar-refractivity contribution in [3.8, 4) is 0 Å². The molecule has 0 aromatic carbocycles. The van der Waals surface area contributed by atoms with Crippen LogP contribution in [0.25, 0.3) is 0 Å². The van der Waals surface area contributed by atoms with E-state index >= 15 is 0 Å². The van der Waals surface area contributed by atoms with E-state index in [0.29, 0.717) is 24.8 Å². The number of hydrogen-bond acceptors (Lipinski definition) is 8. The number of carbonyl (C=O) groups is 4. The Morgan fingerprint density at radius 3 is 2.49 bits per heavy atom. The summed E-state index contributed by atoms with van der Waals surface area (Å²) in [5.74, 6) is -4.86. The van der Waals surface area contributed by atoms with E-state index in [9.17, 15) is 39.6 Å². The highest BCUT2D eigenvalue weighted by Crippen LogP contribution is 2.68. The van der Waals surface area contributed by atoms with E-state index in [-0.39, 0.29) is 30.5 Å². The van der Waals surface area contributed by atoms with Gasteiger partial charge in [0, 0.05) is 16.7 Å². The number of Topliss-reactive ketones (excluding diaryl/α,β-unsaturated/α-hetero) is 1. The molecule has 0 aromatic rings. The molecule has 9 heteroatoms. The second-order valence-electron chi connectivity index (χ2n) is 11.1. The Bertz CT molecular complexity index is 1030. The zero-order valence-corrected chi connectivity index (χ0v) is 20.3. The van der Waals surface area contributed by atoms with Gasteiger partial charge in [-0.1, -0.05) is 19.4 Å². The fraction of sp³-hybridized carbons (Fsp3) is 0.692. The van der Waals surface area contributed by atoms with Crippen molar-refractivity contribution in [1.29, 1.82) is 0 Å². The van der Waals surface area contributed by atoms with Crippen molar-refractivity contribution >= 4 is 23.5 Å². The summed E-state index contributed by atoms with van der Waals surface area (Å²) in [6.07, 6.45) is 3.25. The van der Waals surface area contributed by atoms with E-state index in [2.05, 4.69) is 0 Å². The van der Waals surface area contributed by atoms with Gasteiger partial charge in [-0.25, -0.2) is 0 Å². The van der Waals surface area contributed by atoms with Crippen LogP contribution < -0.4 is 0 Å². The van der Waals surface area contributed by atoms with Gasteiger partial charge in [0.25, 0.3) is 0 Å². The monoisotopic (exact) mass is 490 g/mol. The van der Waals surface area contributed by atoms with Crippen LogP contribution in [-0.2, 0) is 23.9 Å². The van der Waals surface area contributed by atoms with Crippen molar-refractivity contribution in [3.05, 3.63) is 23.3 Å². The van der Waals surface area contributed by atoms with Crippen molar-refractivity contribution < 1.29 is 44.3 Å². The van der Waals surface area contributed by atoms with Gasteiger partial charge in [0.2, 0.25) is 0 Å². The summed E-state index contributed by atoms with van der Waals surface area (Å²) in [5.41, 5.74) is -2.56. The maximum atomic E-state index is 12.7. The molecule has 0 bridgehead atoms. The molecule has 4 aliphatic carbocycles. The smallest absolute Gasteiger partial charge is 0.313 e. The fourth-order valence-electron chi connectivity index (χ4n) is 8.17. The first-order valence-electron chi connectivity index (χ1n) is 12.2. The number of carboxylic acid groups (broad SMARTS) is 1. The van der Waals surface area contributed by atoms with Crippen molar-refractivity contribution in [3.63, 3.8) is 0 Å². The molecule has 0 aliphatic heterocycles. The first-order chi connectivity index (χ1) is 16.3. The number of allylic oxidation sites excluding steroid dienone is 3. The molecular formula is C26H34O9. The lowest BCUT2D eigenvalue weighted by Crippen LogP contribution is -2.62. The molecule has 3 fully saturated rings. The largest absolute Gasteiger partial charge is 0.481 e. The quantitative estimate of drug-likeness (QED) is 0.401. The summed E-state index contributed by atoms with van der Waals surface area (Å²) < 4.78 is 4.91. The average molecular weight is 491 g/mol. The van der Waals surface area contributed by atoms with E-state index in [0.717, 1.165) is 5.57 Å². The van der Waals surface area contributed by atoms with E-state index in [1.165, 1.54) is 19.3 Å². The predicted molar refractivity (Wildman–Crippen MR) is 122 cm³/mol. The molecule has 3 saturated carbocycles. The average Bonchev–Trinajstić information content (AvgIpc) is 3.07. The standard InChI is InChI=1S/C26H34O9/c1-24-11-19(29)22-15(17(24)6-7-26(24,34)20(30)12-27)5-4-13-8-14(28)9-18(25(13,22)2)16(10-21(31)32)23(33)35-3/h8-9,15-17,19,22,27,29,34H,4-7,10-12H2,1-3H3,(H,31,32)/t15-,16?,17-,19-,22+,24-,25+,26-/m0/s1. The van der Waals surface area contributed by atoms with Gasteiger partial charge in [-0.3, -0.25) is 19.2 Å². The lowest BCUT2D eigenvalue weighted by atomic mass is 9.44. The zero-order chi connectivity index (χ0) is 25.9. The second-order valence-corrected chi connectivity index (χ2v) is 11.1. The minimum absolute atomic E-state index is 0.104. The molecular weight excluding hydrogens is 456 g/mol. The Balaban J connectivity index is 1.81. The third-order valence-corrected chi connectivity index (χ3v) is 9.75. The number of ether oxygens (including phenoxy) is 1. The van der Waals surface area contributed by atoms with Gasteiger partial charge < -0.3 is 25.2 Å². The molecule has 192 valence electrons. The van der Waals surface area contributed by atoms with Crippen molar-refractivity contribution in [2.24, 2.45) is 34.5 Å². The zero-order valence-electron chi connectivity index (χ0n) is 20.3. The van der Waals surface area contributed by atoms with Gasteiger partial charge in [0.1, 0.15) is 12.2 Å². The Hall–Kier alpha value is -2.36. The molecule has 1 unspecified atom stereocenters.